The van der Waals surface area contributed by atoms with Gasteiger partial charge in [-0.1, -0.05) is 11.8 Å². The van der Waals surface area contributed by atoms with Gasteiger partial charge in [-0.3, -0.25) is 9.78 Å². The third-order valence-corrected chi connectivity index (χ3v) is 3.62. The van der Waals surface area contributed by atoms with E-state index >= 15 is 0 Å². The number of rotatable bonds is 1. The zero-order valence-electron chi connectivity index (χ0n) is 10.1. The van der Waals surface area contributed by atoms with Crippen molar-refractivity contribution < 1.29 is 4.79 Å². The van der Waals surface area contributed by atoms with Crippen LogP contribution in [0.25, 0.3) is 0 Å². The third kappa shape index (κ3) is 3.03. The molecule has 0 aliphatic carbocycles. The second-order valence-corrected chi connectivity index (χ2v) is 5.06. The van der Waals surface area contributed by atoms with Crippen LogP contribution in [0.3, 0.4) is 0 Å². The Morgan fingerprint density at radius 1 is 1.50 bits per heavy atom. The fourth-order valence-corrected chi connectivity index (χ4v) is 2.67. The van der Waals surface area contributed by atoms with Gasteiger partial charge in [0.25, 0.3) is 5.91 Å². The standard InChI is InChI=1S/C13H15N3OS/c14-4-1-2-11-10-15-5-3-12(11)13(17)16-6-8-18-9-7-16/h3,5,10H,4,6-9,14H2. The average molecular weight is 261 g/mol. The lowest BCUT2D eigenvalue weighted by Gasteiger charge is -2.26. The van der Waals surface area contributed by atoms with Crippen LogP contribution in [0.15, 0.2) is 18.5 Å². The van der Waals surface area contributed by atoms with E-state index in [-0.39, 0.29) is 12.5 Å². The largest absolute Gasteiger partial charge is 0.337 e. The van der Waals surface area contributed by atoms with Crippen molar-refractivity contribution in [3.05, 3.63) is 29.6 Å². The summed E-state index contributed by atoms with van der Waals surface area (Å²) in [5.74, 6) is 7.71. The van der Waals surface area contributed by atoms with Crippen molar-refractivity contribution in [1.29, 1.82) is 0 Å². The molecule has 1 saturated heterocycles. The second kappa shape index (κ2) is 6.43. The van der Waals surface area contributed by atoms with Crippen molar-refractivity contribution in [2.24, 2.45) is 5.73 Å². The minimum absolute atomic E-state index is 0.0408. The maximum atomic E-state index is 12.4. The van der Waals surface area contributed by atoms with Crippen LogP contribution in [-0.4, -0.2) is 46.9 Å². The highest BCUT2D eigenvalue weighted by molar-refractivity contribution is 7.99. The minimum Gasteiger partial charge on any atom is -0.337 e. The van der Waals surface area contributed by atoms with E-state index in [0.29, 0.717) is 11.1 Å². The van der Waals surface area contributed by atoms with Gasteiger partial charge in [0.15, 0.2) is 0 Å². The lowest BCUT2D eigenvalue weighted by molar-refractivity contribution is 0.0772. The maximum Gasteiger partial charge on any atom is 0.255 e. The van der Waals surface area contributed by atoms with E-state index in [1.807, 2.05) is 16.7 Å². The number of aromatic nitrogens is 1. The molecule has 1 amide bonds. The maximum absolute atomic E-state index is 12.4. The van der Waals surface area contributed by atoms with Crippen LogP contribution in [0.2, 0.25) is 0 Å². The quantitative estimate of drug-likeness (QED) is 0.751. The number of nitrogens with two attached hydrogens (primary N) is 1. The lowest BCUT2D eigenvalue weighted by Crippen LogP contribution is -2.38. The van der Waals surface area contributed by atoms with Crippen molar-refractivity contribution in [3.63, 3.8) is 0 Å². The molecule has 0 saturated carbocycles. The zero-order valence-corrected chi connectivity index (χ0v) is 10.9. The average Bonchev–Trinajstić information content (AvgIpc) is 2.45. The molecule has 0 unspecified atom stereocenters. The highest BCUT2D eigenvalue weighted by Gasteiger charge is 2.20. The van der Waals surface area contributed by atoms with E-state index < -0.39 is 0 Å². The molecule has 1 aromatic heterocycles. The molecule has 4 nitrogen and oxygen atoms in total. The Labute approximate surface area is 111 Å². The van der Waals surface area contributed by atoms with E-state index in [9.17, 15) is 4.79 Å². The summed E-state index contributed by atoms with van der Waals surface area (Å²) >= 11 is 1.88. The first-order chi connectivity index (χ1) is 8.83. The van der Waals surface area contributed by atoms with Crippen molar-refractivity contribution in [1.82, 2.24) is 9.88 Å². The number of nitrogens with zero attached hydrogens (tertiary/aromatic N) is 2. The van der Waals surface area contributed by atoms with Gasteiger partial charge in [-0.25, -0.2) is 0 Å². The topological polar surface area (TPSA) is 59.2 Å². The molecule has 0 bridgehead atoms. The molecule has 18 heavy (non-hydrogen) atoms. The molecule has 0 atom stereocenters. The molecule has 1 aromatic rings. The molecular formula is C13H15N3OS. The first kappa shape index (κ1) is 12.9. The van der Waals surface area contributed by atoms with E-state index in [2.05, 4.69) is 16.8 Å². The smallest absolute Gasteiger partial charge is 0.255 e. The number of amides is 1. The van der Waals surface area contributed by atoms with Gasteiger partial charge in [0.2, 0.25) is 0 Å². The molecule has 1 aliphatic rings. The van der Waals surface area contributed by atoms with Crippen LogP contribution in [0.4, 0.5) is 0 Å². The van der Waals surface area contributed by atoms with E-state index in [1.165, 1.54) is 0 Å². The van der Waals surface area contributed by atoms with Gasteiger partial charge in [-0.05, 0) is 6.07 Å². The molecule has 0 spiro atoms. The summed E-state index contributed by atoms with van der Waals surface area (Å²) in [6, 6.07) is 1.73. The summed E-state index contributed by atoms with van der Waals surface area (Å²) in [5.41, 5.74) is 6.63. The molecule has 94 valence electrons. The SMILES string of the molecule is NCC#Cc1cnccc1C(=O)N1CCSCC1. The van der Waals surface area contributed by atoms with E-state index in [0.717, 1.165) is 24.6 Å². The predicted octanol–water partition coefficient (Wildman–Crippen LogP) is 0.581. The number of carbonyl (C=O) groups excluding carboxylic acids is 1. The molecule has 2 rings (SSSR count). The highest BCUT2D eigenvalue weighted by atomic mass is 32.2. The normalized spacial score (nSPS) is 14.8. The number of thioether (sulfide) groups is 1. The van der Waals surface area contributed by atoms with Gasteiger partial charge in [0, 0.05) is 37.0 Å². The summed E-state index contributed by atoms with van der Waals surface area (Å²) in [6.07, 6.45) is 3.24. The van der Waals surface area contributed by atoms with Crippen LogP contribution in [-0.2, 0) is 0 Å². The molecule has 2 N–H and O–H groups in total. The molecule has 2 heterocycles. The molecule has 1 fully saturated rings. The number of pyridine rings is 1. The first-order valence-corrected chi connectivity index (χ1v) is 6.98. The van der Waals surface area contributed by atoms with Gasteiger partial charge in [-0.15, -0.1) is 0 Å². The van der Waals surface area contributed by atoms with E-state index in [1.54, 1.807) is 18.5 Å². The summed E-state index contributed by atoms with van der Waals surface area (Å²) in [6.45, 7) is 1.88. The van der Waals surface area contributed by atoms with Gasteiger partial charge < -0.3 is 10.6 Å². The second-order valence-electron chi connectivity index (χ2n) is 3.83. The van der Waals surface area contributed by atoms with Crippen molar-refractivity contribution in [2.75, 3.05) is 31.1 Å². The number of hydrogen-bond acceptors (Lipinski definition) is 4. The third-order valence-electron chi connectivity index (χ3n) is 2.67. The van der Waals surface area contributed by atoms with Gasteiger partial charge in [0.1, 0.15) is 0 Å². The fourth-order valence-electron chi connectivity index (χ4n) is 1.76. The van der Waals surface area contributed by atoms with Crippen LogP contribution < -0.4 is 5.73 Å². The Morgan fingerprint density at radius 3 is 3.00 bits per heavy atom. The summed E-state index contributed by atoms with van der Waals surface area (Å²) in [7, 11) is 0. The molecule has 0 aromatic carbocycles. The zero-order chi connectivity index (χ0) is 12.8. The molecule has 5 heteroatoms. The molecule has 1 aliphatic heterocycles. The Morgan fingerprint density at radius 2 is 2.28 bits per heavy atom. The van der Waals surface area contributed by atoms with Crippen LogP contribution in [0, 0.1) is 11.8 Å². The Hall–Kier alpha value is -1.51. The van der Waals surface area contributed by atoms with Crippen molar-refractivity contribution in [3.8, 4) is 11.8 Å². The van der Waals surface area contributed by atoms with Crippen LogP contribution >= 0.6 is 11.8 Å². The Bertz CT molecular complexity index is 486. The molecule has 0 radical (unpaired) electrons. The summed E-state index contributed by atoms with van der Waals surface area (Å²) in [4.78, 5) is 18.3. The van der Waals surface area contributed by atoms with Crippen molar-refractivity contribution >= 4 is 17.7 Å². The van der Waals surface area contributed by atoms with Crippen molar-refractivity contribution in [2.45, 2.75) is 0 Å². The summed E-state index contributed by atoms with van der Waals surface area (Å²) in [5, 5.41) is 0. The Kier molecular flexibility index (Phi) is 4.62. The number of carbonyl (C=O) groups is 1. The van der Waals surface area contributed by atoms with Gasteiger partial charge in [0.05, 0.1) is 17.7 Å². The fraction of sp³-hybridized carbons (Fsp3) is 0.385. The van der Waals surface area contributed by atoms with E-state index in [4.69, 9.17) is 5.73 Å². The van der Waals surface area contributed by atoms with Gasteiger partial charge >= 0.3 is 0 Å². The summed E-state index contributed by atoms with van der Waals surface area (Å²) < 4.78 is 0. The Balaban J connectivity index is 2.23. The molecular weight excluding hydrogens is 246 g/mol. The highest BCUT2D eigenvalue weighted by Crippen LogP contribution is 2.14. The number of hydrogen-bond donors (Lipinski definition) is 1. The lowest BCUT2D eigenvalue weighted by atomic mass is 10.1. The van der Waals surface area contributed by atoms with Gasteiger partial charge in [-0.2, -0.15) is 11.8 Å². The monoisotopic (exact) mass is 261 g/mol. The predicted molar refractivity (Wildman–Crippen MR) is 73.4 cm³/mol. The first-order valence-electron chi connectivity index (χ1n) is 5.83. The minimum atomic E-state index is 0.0408. The van der Waals surface area contributed by atoms with Crippen LogP contribution in [0.5, 0.6) is 0 Å². The van der Waals surface area contributed by atoms with Crippen LogP contribution in [0.1, 0.15) is 15.9 Å².